The van der Waals surface area contributed by atoms with Gasteiger partial charge in [-0.25, -0.2) is 17.8 Å². The molecule has 8 nitrogen and oxygen atoms in total. The Morgan fingerprint density at radius 2 is 2.12 bits per heavy atom. The summed E-state index contributed by atoms with van der Waals surface area (Å²) in [5, 5.41) is 11.0. The lowest BCUT2D eigenvalue weighted by atomic mass is 10.2. The van der Waals surface area contributed by atoms with E-state index in [2.05, 4.69) is 20.0 Å². The van der Waals surface area contributed by atoms with Crippen LogP contribution in [-0.4, -0.2) is 35.5 Å². The van der Waals surface area contributed by atoms with E-state index in [0.29, 0.717) is 5.69 Å². The highest BCUT2D eigenvalue weighted by molar-refractivity contribution is 7.89. The first-order chi connectivity index (χ1) is 11.9. The van der Waals surface area contributed by atoms with E-state index in [1.807, 2.05) is 13.8 Å². The van der Waals surface area contributed by atoms with Crippen molar-refractivity contribution in [3.05, 3.63) is 53.6 Å². The highest BCUT2D eigenvalue weighted by Crippen LogP contribution is 2.26. The molecule has 1 aromatic carbocycles. The van der Waals surface area contributed by atoms with Gasteiger partial charge in [0.2, 0.25) is 10.0 Å². The molecule has 0 aliphatic rings. The maximum atomic E-state index is 12.8. The molecule has 9 heteroatoms. The number of methoxy groups -OCH3 is 1. The number of hydrogen-bond acceptors (Lipinski definition) is 5. The molecule has 0 atom stereocenters. The van der Waals surface area contributed by atoms with Gasteiger partial charge >= 0.3 is 0 Å². The van der Waals surface area contributed by atoms with Crippen LogP contribution in [0.25, 0.3) is 5.69 Å². The van der Waals surface area contributed by atoms with Crippen molar-refractivity contribution in [2.24, 2.45) is 0 Å². The Bertz CT molecular complexity index is 958. The average Bonchev–Trinajstić information content (AvgIpc) is 3.23. The van der Waals surface area contributed by atoms with E-state index in [4.69, 9.17) is 4.74 Å². The van der Waals surface area contributed by atoms with E-state index < -0.39 is 10.0 Å². The Kier molecular flexibility index (Phi) is 4.60. The highest BCUT2D eigenvalue weighted by Gasteiger charge is 2.21. The van der Waals surface area contributed by atoms with Crippen molar-refractivity contribution >= 4 is 10.0 Å². The number of aromatic nitrogens is 4. The largest absolute Gasteiger partial charge is 0.495 e. The smallest absolute Gasteiger partial charge is 0.244 e. The van der Waals surface area contributed by atoms with Gasteiger partial charge in [-0.05, 0) is 38.1 Å². The molecular formula is C16H19N5O3S. The molecule has 2 heterocycles. The molecule has 0 spiro atoms. The van der Waals surface area contributed by atoms with Crippen molar-refractivity contribution in [2.75, 3.05) is 7.11 Å². The molecule has 0 aliphatic carbocycles. The van der Waals surface area contributed by atoms with E-state index in [9.17, 15) is 8.42 Å². The second-order valence-corrected chi connectivity index (χ2v) is 7.26. The van der Waals surface area contributed by atoms with Gasteiger partial charge in [0.1, 0.15) is 10.6 Å². The summed E-state index contributed by atoms with van der Waals surface area (Å²) in [4.78, 5) is 0.0572. The Balaban J connectivity index is 1.94. The van der Waals surface area contributed by atoms with E-state index in [1.165, 1.54) is 13.2 Å². The van der Waals surface area contributed by atoms with Gasteiger partial charge in [-0.15, -0.1) is 0 Å². The molecule has 25 heavy (non-hydrogen) atoms. The lowest BCUT2D eigenvalue weighted by molar-refractivity contribution is 0.402. The summed E-state index contributed by atoms with van der Waals surface area (Å²) in [6.07, 6.45) is 3.37. The molecule has 3 aromatic rings. The third-order valence-corrected chi connectivity index (χ3v) is 5.35. The zero-order valence-electron chi connectivity index (χ0n) is 14.1. The quantitative estimate of drug-likeness (QED) is 0.696. The van der Waals surface area contributed by atoms with E-state index >= 15 is 0 Å². The minimum Gasteiger partial charge on any atom is -0.495 e. The second kappa shape index (κ2) is 6.69. The molecule has 0 aliphatic heterocycles. The van der Waals surface area contributed by atoms with E-state index in [0.717, 1.165) is 17.0 Å². The van der Waals surface area contributed by atoms with Crippen LogP contribution in [0.4, 0.5) is 0 Å². The molecule has 0 fully saturated rings. The molecule has 0 radical (unpaired) electrons. The minimum atomic E-state index is -3.78. The Morgan fingerprint density at radius 3 is 2.72 bits per heavy atom. The maximum Gasteiger partial charge on any atom is 0.244 e. The number of benzene rings is 1. The molecule has 3 rings (SSSR count). The topological polar surface area (TPSA) is 102 Å². The third kappa shape index (κ3) is 3.42. The molecule has 0 bridgehead atoms. The summed E-state index contributed by atoms with van der Waals surface area (Å²) in [5.74, 6) is 0.268. The van der Waals surface area contributed by atoms with Crippen molar-refractivity contribution in [2.45, 2.75) is 25.3 Å². The van der Waals surface area contributed by atoms with Gasteiger partial charge in [0.15, 0.2) is 0 Å². The third-order valence-electron chi connectivity index (χ3n) is 3.93. The van der Waals surface area contributed by atoms with Crippen molar-refractivity contribution in [3.63, 3.8) is 0 Å². The molecule has 2 N–H and O–H groups in total. The standard InChI is InChI=1S/C16H19N5O3S/c1-11-14(12(2)20-19-11)10-18-25(22,23)16-9-13(5-6-15(16)24-3)21-8-4-7-17-21/h4-9,18H,10H2,1-3H3,(H,19,20). The normalized spacial score (nSPS) is 11.6. The lowest BCUT2D eigenvalue weighted by Gasteiger charge is -2.13. The van der Waals surface area contributed by atoms with Crippen LogP contribution in [0.15, 0.2) is 41.6 Å². The summed E-state index contributed by atoms with van der Waals surface area (Å²) in [6, 6.07) is 6.65. The van der Waals surface area contributed by atoms with Crippen molar-refractivity contribution < 1.29 is 13.2 Å². The first kappa shape index (κ1) is 17.2. The van der Waals surface area contributed by atoms with Crippen molar-refractivity contribution in [1.29, 1.82) is 0 Å². The van der Waals surface area contributed by atoms with Crippen molar-refractivity contribution in [3.8, 4) is 11.4 Å². The van der Waals surface area contributed by atoms with E-state index in [-0.39, 0.29) is 17.2 Å². The summed E-state index contributed by atoms with van der Waals surface area (Å²) in [6.45, 7) is 3.82. The average molecular weight is 361 g/mol. The predicted octanol–water partition coefficient (Wildman–Crippen LogP) is 1.70. The van der Waals surface area contributed by atoms with E-state index in [1.54, 1.807) is 35.3 Å². The van der Waals surface area contributed by atoms with Gasteiger partial charge in [0, 0.05) is 30.2 Å². The predicted molar refractivity (Wildman–Crippen MR) is 92.2 cm³/mol. The summed E-state index contributed by atoms with van der Waals surface area (Å²) < 4.78 is 35.0. The molecule has 0 amide bonds. The Hall–Kier alpha value is -2.65. The summed E-state index contributed by atoms with van der Waals surface area (Å²) in [5.41, 5.74) is 3.04. The van der Waals surface area contributed by atoms with Gasteiger partial charge in [-0.3, -0.25) is 5.10 Å². The van der Waals surface area contributed by atoms with Gasteiger partial charge in [0.25, 0.3) is 0 Å². The van der Waals surface area contributed by atoms with Crippen LogP contribution >= 0.6 is 0 Å². The number of aromatic amines is 1. The van der Waals surface area contributed by atoms with Gasteiger partial charge < -0.3 is 4.74 Å². The summed E-state index contributed by atoms with van der Waals surface area (Å²) >= 11 is 0. The first-order valence-electron chi connectivity index (χ1n) is 7.60. The maximum absolute atomic E-state index is 12.8. The van der Waals surface area contributed by atoms with Crippen LogP contribution in [0, 0.1) is 13.8 Å². The van der Waals surface area contributed by atoms with Gasteiger partial charge in [-0.2, -0.15) is 10.2 Å². The zero-order valence-corrected chi connectivity index (χ0v) is 15.0. The number of nitrogens with zero attached hydrogens (tertiary/aromatic N) is 3. The number of sulfonamides is 1. The molecule has 132 valence electrons. The van der Waals surface area contributed by atoms with Crippen LogP contribution in [0.1, 0.15) is 17.0 Å². The van der Waals surface area contributed by atoms with Gasteiger partial charge in [0.05, 0.1) is 18.5 Å². The Labute approximate surface area is 145 Å². The van der Waals surface area contributed by atoms with Crippen LogP contribution in [0.5, 0.6) is 5.75 Å². The molecular weight excluding hydrogens is 342 g/mol. The monoisotopic (exact) mass is 361 g/mol. The molecule has 0 saturated heterocycles. The lowest BCUT2D eigenvalue weighted by Crippen LogP contribution is -2.24. The van der Waals surface area contributed by atoms with Crippen LogP contribution < -0.4 is 9.46 Å². The molecule has 0 saturated carbocycles. The van der Waals surface area contributed by atoms with Crippen LogP contribution in [0.3, 0.4) is 0 Å². The van der Waals surface area contributed by atoms with Crippen molar-refractivity contribution in [1.82, 2.24) is 24.7 Å². The molecule has 2 aromatic heterocycles. The number of nitrogens with one attached hydrogen (secondary N) is 2. The SMILES string of the molecule is COc1ccc(-n2cccn2)cc1S(=O)(=O)NCc1c(C)n[nH]c1C. The number of H-pyrrole nitrogens is 1. The highest BCUT2D eigenvalue weighted by atomic mass is 32.2. The number of aryl methyl sites for hydroxylation is 2. The van der Waals surface area contributed by atoms with Gasteiger partial charge in [-0.1, -0.05) is 0 Å². The number of hydrogen-bond donors (Lipinski definition) is 2. The first-order valence-corrected chi connectivity index (χ1v) is 9.09. The molecule has 0 unspecified atom stereocenters. The fraction of sp³-hybridized carbons (Fsp3) is 0.250. The number of ether oxygens (including phenoxy) is 1. The zero-order chi connectivity index (χ0) is 18.0. The second-order valence-electron chi connectivity index (χ2n) is 5.52. The van der Waals surface area contributed by atoms with Crippen LogP contribution in [0.2, 0.25) is 0 Å². The fourth-order valence-electron chi connectivity index (χ4n) is 2.52. The fourth-order valence-corrected chi connectivity index (χ4v) is 3.70. The number of rotatable bonds is 6. The minimum absolute atomic E-state index is 0.0572. The van der Waals surface area contributed by atoms with Crippen LogP contribution in [-0.2, 0) is 16.6 Å². The summed E-state index contributed by atoms with van der Waals surface area (Å²) in [7, 11) is -2.35. The Morgan fingerprint density at radius 1 is 1.32 bits per heavy atom.